The molecule has 3 aromatic rings. The molecule has 0 saturated heterocycles. The topological polar surface area (TPSA) is 55.2 Å². The molecular formula is C22H20F3N3O2S. The predicted molar refractivity (Wildman–Crippen MR) is 110 cm³/mol. The summed E-state index contributed by atoms with van der Waals surface area (Å²) in [7, 11) is 0. The van der Waals surface area contributed by atoms with Crippen LogP contribution in [0.5, 0.6) is 0 Å². The average Bonchev–Trinajstić information content (AvgIpc) is 3.35. The minimum Gasteiger partial charge on any atom is -0.328 e. The third-order valence-electron chi connectivity index (χ3n) is 5.29. The molecule has 5 nitrogen and oxygen atoms in total. The van der Waals surface area contributed by atoms with E-state index in [0.717, 1.165) is 29.9 Å². The second-order valence-corrected chi connectivity index (χ2v) is 8.61. The van der Waals surface area contributed by atoms with E-state index in [1.54, 1.807) is 18.7 Å². The summed E-state index contributed by atoms with van der Waals surface area (Å²) >= 11 is 1.52. The van der Waals surface area contributed by atoms with Crippen molar-refractivity contribution in [2.24, 2.45) is 0 Å². The Kier molecular flexibility index (Phi) is 5.47. The molecule has 0 atom stereocenters. The number of aromatic nitrogens is 2. The van der Waals surface area contributed by atoms with Crippen LogP contribution in [0.2, 0.25) is 0 Å². The van der Waals surface area contributed by atoms with E-state index in [1.165, 1.54) is 28.2 Å². The van der Waals surface area contributed by atoms with Crippen LogP contribution in [-0.4, -0.2) is 32.4 Å². The Balaban J connectivity index is 1.65. The van der Waals surface area contributed by atoms with E-state index in [4.69, 9.17) is 0 Å². The van der Waals surface area contributed by atoms with E-state index in [2.05, 4.69) is 5.10 Å². The number of amides is 1. The Morgan fingerprint density at radius 2 is 1.94 bits per heavy atom. The monoisotopic (exact) mass is 447 g/mol. The Labute approximate surface area is 181 Å². The third kappa shape index (κ3) is 4.27. The average molecular weight is 447 g/mol. The fraction of sp³-hybridized carbons (Fsp3) is 0.318. The zero-order chi connectivity index (χ0) is 22.3. The minimum atomic E-state index is -4.49. The first-order valence-electron chi connectivity index (χ1n) is 9.78. The van der Waals surface area contributed by atoms with Gasteiger partial charge in [0.05, 0.1) is 34.7 Å². The molecule has 0 radical (unpaired) electrons. The summed E-state index contributed by atoms with van der Waals surface area (Å²) < 4.78 is 40.6. The van der Waals surface area contributed by atoms with Crippen molar-refractivity contribution in [2.75, 3.05) is 0 Å². The lowest BCUT2D eigenvalue weighted by atomic mass is 10.1. The van der Waals surface area contributed by atoms with Crippen LogP contribution in [0.25, 0.3) is 5.69 Å². The van der Waals surface area contributed by atoms with E-state index in [-0.39, 0.29) is 17.3 Å². The van der Waals surface area contributed by atoms with Crippen LogP contribution < -0.4 is 0 Å². The van der Waals surface area contributed by atoms with Crippen LogP contribution in [0.15, 0.2) is 41.8 Å². The first-order chi connectivity index (χ1) is 14.7. The van der Waals surface area contributed by atoms with E-state index >= 15 is 0 Å². The smallest absolute Gasteiger partial charge is 0.328 e. The van der Waals surface area contributed by atoms with Gasteiger partial charge >= 0.3 is 6.18 Å². The molecule has 0 spiro atoms. The number of thiophene rings is 1. The summed E-state index contributed by atoms with van der Waals surface area (Å²) in [6.45, 7) is 3.53. The fourth-order valence-electron chi connectivity index (χ4n) is 3.60. The van der Waals surface area contributed by atoms with Crippen molar-refractivity contribution in [3.8, 4) is 5.69 Å². The quantitative estimate of drug-likeness (QED) is 0.397. The number of Topliss-reactive ketones (excluding diaryl/α,β-unsaturated/α-hetero) is 1. The maximum Gasteiger partial charge on any atom is 0.416 e. The van der Waals surface area contributed by atoms with Gasteiger partial charge in [0.25, 0.3) is 11.7 Å². The number of hydrogen-bond donors (Lipinski definition) is 0. The highest BCUT2D eigenvalue weighted by molar-refractivity contribution is 7.09. The van der Waals surface area contributed by atoms with Gasteiger partial charge in [0.2, 0.25) is 0 Å². The van der Waals surface area contributed by atoms with E-state index in [0.29, 0.717) is 17.9 Å². The number of aryl methyl sites for hydroxylation is 1. The van der Waals surface area contributed by atoms with Crippen LogP contribution >= 0.6 is 11.3 Å². The molecule has 1 amide bonds. The molecule has 1 aliphatic carbocycles. The molecule has 4 rings (SSSR count). The van der Waals surface area contributed by atoms with Gasteiger partial charge in [-0.2, -0.15) is 18.3 Å². The third-order valence-corrected chi connectivity index (χ3v) is 6.15. The second-order valence-electron chi connectivity index (χ2n) is 7.58. The van der Waals surface area contributed by atoms with E-state index in [1.807, 2.05) is 17.5 Å². The number of alkyl halides is 3. The fourth-order valence-corrected chi connectivity index (χ4v) is 4.30. The van der Waals surface area contributed by atoms with Gasteiger partial charge in [-0.3, -0.25) is 9.59 Å². The maximum atomic E-state index is 13.1. The molecule has 1 aromatic carbocycles. The summed E-state index contributed by atoms with van der Waals surface area (Å²) in [5.74, 6) is -1.29. The molecule has 9 heteroatoms. The van der Waals surface area contributed by atoms with Crippen molar-refractivity contribution < 1.29 is 22.8 Å². The Hall–Kier alpha value is -2.94. The number of halogens is 3. The summed E-state index contributed by atoms with van der Waals surface area (Å²) in [5, 5.41) is 6.18. The minimum absolute atomic E-state index is 0.0395. The van der Waals surface area contributed by atoms with Gasteiger partial charge in [-0.05, 0) is 56.3 Å². The van der Waals surface area contributed by atoms with Crippen molar-refractivity contribution in [3.63, 3.8) is 0 Å². The number of rotatable bonds is 6. The molecule has 2 heterocycles. The molecule has 162 valence electrons. The molecule has 31 heavy (non-hydrogen) atoms. The molecule has 0 bridgehead atoms. The van der Waals surface area contributed by atoms with Crippen LogP contribution in [0, 0.1) is 13.8 Å². The van der Waals surface area contributed by atoms with Crippen molar-refractivity contribution in [1.82, 2.24) is 14.7 Å². The second kappa shape index (κ2) is 7.96. The Bertz CT molecular complexity index is 1130. The van der Waals surface area contributed by atoms with Crippen LogP contribution in [-0.2, 0) is 17.5 Å². The van der Waals surface area contributed by atoms with Crippen LogP contribution in [0.1, 0.15) is 45.0 Å². The molecule has 1 aliphatic rings. The van der Waals surface area contributed by atoms with E-state index < -0.39 is 23.4 Å². The number of ketones is 1. The highest BCUT2D eigenvalue weighted by Gasteiger charge is 2.38. The van der Waals surface area contributed by atoms with Crippen molar-refractivity contribution in [1.29, 1.82) is 0 Å². The zero-order valence-corrected chi connectivity index (χ0v) is 17.8. The van der Waals surface area contributed by atoms with Gasteiger partial charge in [-0.15, -0.1) is 11.3 Å². The lowest BCUT2D eigenvalue weighted by Gasteiger charge is -2.21. The zero-order valence-electron chi connectivity index (χ0n) is 16.9. The lowest BCUT2D eigenvalue weighted by Crippen LogP contribution is -2.38. The number of carbonyl (C=O) groups excluding carboxylic acids is 2. The van der Waals surface area contributed by atoms with Gasteiger partial charge in [0.1, 0.15) is 0 Å². The first-order valence-corrected chi connectivity index (χ1v) is 10.7. The number of hydrogen-bond acceptors (Lipinski definition) is 4. The normalized spacial score (nSPS) is 14.0. The van der Waals surface area contributed by atoms with Gasteiger partial charge < -0.3 is 4.90 Å². The largest absolute Gasteiger partial charge is 0.416 e. The predicted octanol–water partition coefficient (Wildman–Crippen LogP) is 4.94. The summed E-state index contributed by atoms with van der Waals surface area (Å²) in [4.78, 5) is 28.8. The van der Waals surface area contributed by atoms with E-state index in [9.17, 15) is 22.8 Å². The van der Waals surface area contributed by atoms with Crippen molar-refractivity contribution in [3.05, 3.63) is 69.2 Å². The van der Waals surface area contributed by atoms with Crippen LogP contribution in [0.4, 0.5) is 13.2 Å². The van der Waals surface area contributed by atoms with Crippen molar-refractivity contribution in [2.45, 2.75) is 45.5 Å². The molecular weight excluding hydrogens is 427 g/mol. The van der Waals surface area contributed by atoms with Crippen molar-refractivity contribution >= 4 is 23.0 Å². The van der Waals surface area contributed by atoms with Crippen LogP contribution in [0.3, 0.4) is 0 Å². The molecule has 0 N–H and O–H groups in total. The number of benzene rings is 1. The summed E-state index contributed by atoms with van der Waals surface area (Å²) in [6, 6.07) is 8.57. The summed E-state index contributed by atoms with van der Waals surface area (Å²) in [6.07, 6.45) is -2.79. The SMILES string of the molecule is Cc1nn(-c2cccc(C(F)(F)F)c2)c(C)c1C(=O)C(=O)N(Cc1cccs1)C1CC1. The first kappa shape index (κ1) is 21.3. The Morgan fingerprint density at radius 3 is 2.55 bits per heavy atom. The van der Waals surface area contributed by atoms with Gasteiger partial charge in [-0.1, -0.05) is 12.1 Å². The highest BCUT2D eigenvalue weighted by atomic mass is 32.1. The molecule has 0 aliphatic heterocycles. The number of carbonyl (C=O) groups is 2. The summed E-state index contributed by atoms with van der Waals surface area (Å²) in [5.41, 5.74) is 0.151. The Morgan fingerprint density at radius 1 is 1.19 bits per heavy atom. The maximum absolute atomic E-state index is 13.1. The molecule has 1 saturated carbocycles. The standard InChI is InChI=1S/C22H20F3N3O2S/c1-13-19(14(2)28(26-13)17-6-3-5-15(11-17)22(23,24)25)20(29)21(30)27(16-8-9-16)12-18-7-4-10-31-18/h3-7,10-11,16H,8-9,12H2,1-2H3. The lowest BCUT2D eigenvalue weighted by molar-refractivity contribution is -0.137. The molecule has 0 unspecified atom stereocenters. The van der Waals surface area contributed by atoms with Gasteiger partial charge in [0, 0.05) is 10.9 Å². The van der Waals surface area contributed by atoms with Gasteiger partial charge in [0.15, 0.2) is 0 Å². The number of nitrogens with zero attached hydrogens (tertiary/aromatic N) is 3. The highest BCUT2D eigenvalue weighted by Crippen LogP contribution is 2.32. The molecule has 1 fully saturated rings. The van der Waals surface area contributed by atoms with Gasteiger partial charge in [-0.25, -0.2) is 4.68 Å². The molecule has 2 aromatic heterocycles.